The van der Waals surface area contributed by atoms with E-state index in [0.717, 1.165) is 0 Å². The number of halogens is 3. The highest BCUT2D eigenvalue weighted by molar-refractivity contribution is 5.80. The first-order chi connectivity index (χ1) is 7.79. The molecule has 1 aliphatic rings. The number of carboxylic acids is 1. The van der Waals surface area contributed by atoms with Crippen molar-refractivity contribution in [2.75, 3.05) is 19.6 Å². The van der Waals surface area contributed by atoms with Gasteiger partial charge in [-0.2, -0.15) is 13.2 Å². The molecule has 0 aliphatic carbocycles. The number of carbonyl (C=O) groups is 2. The number of alkyl halides is 3. The fraction of sp³-hybridized carbons (Fsp3) is 0.778. The minimum Gasteiger partial charge on any atom is -0.480 e. The summed E-state index contributed by atoms with van der Waals surface area (Å²) >= 11 is 0. The normalized spacial score (nSPS) is 21.5. The summed E-state index contributed by atoms with van der Waals surface area (Å²) < 4.78 is 35.4. The van der Waals surface area contributed by atoms with E-state index in [-0.39, 0.29) is 6.54 Å². The van der Waals surface area contributed by atoms with Gasteiger partial charge in [-0.1, -0.05) is 0 Å². The molecule has 0 aromatic carbocycles. The van der Waals surface area contributed by atoms with Crippen LogP contribution in [0.4, 0.5) is 13.2 Å². The van der Waals surface area contributed by atoms with Crippen LogP contribution in [0.15, 0.2) is 0 Å². The lowest BCUT2D eigenvalue weighted by Gasteiger charge is -2.20. The number of amides is 1. The Morgan fingerprint density at radius 3 is 2.59 bits per heavy atom. The molecule has 1 atom stereocenters. The maximum Gasteiger partial charge on any atom is 0.405 e. The quantitative estimate of drug-likeness (QED) is 0.752. The molecule has 0 spiro atoms. The Morgan fingerprint density at radius 1 is 1.41 bits per heavy atom. The van der Waals surface area contributed by atoms with Crippen LogP contribution in [0.2, 0.25) is 0 Å². The maximum absolute atomic E-state index is 11.8. The third kappa shape index (κ3) is 4.59. The Hall–Kier alpha value is -1.31. The lowest BCUT2D eigenvalue weighted by Crippen LogP contribution is -2.44. The van der Waals surface area contributed by atoms with Crippen LogP contribution in [0.5, 0.6) is 0 Å². The Bertz CT molecular complexity index is 306. The molecule has 1 heterocycles. The van der Waals surface area contributed by atoms with Gasteiger partial charge in [0.1, 0.15) is 12.6 Å². The minimum absolute atomic E-state index is 0.312. The number of likely N-dealkylation sites (tertiary alicyclic amines) is 1. The number of nitrogens with zero attached hydrogens (tertiary/aromatic N) is 1. The van der Waals surface area contributed by atoms with E-state index in [1.807, 2.05) is 0 Å². The van der Waals surface area contributed by atoms with Crippen molar-refractivity contribution < 1.29 is 27.9 Å². The molecule has 1 aliphatic heterocycles. The van der Waals surface area contributed by atoms with Gasteiger partial charge >= 0.3 is 12.1 Å². The van der Waals surface area contributed by atoms with Crippen molar-refractivity contribution >= 4 is 11.9 Å². The van der Waals surface area contributed by atoms with Crippen molar-refractivity contribution in [3.63, 3.8) is 0 Å². The average Bonchev–Trinajstić information content (AvgIpc) is 2.62. The first kappa shape index (κ1) is 13.8. The van der Waals surface area contributed by atoms with Crippen LogP contribution in [-0.2, 0) is 9.59 Å². The Balaban J connectivity index is 2.38. The summed E-state index contributed by atoms with van der Waals surface area (Å²) in [5.41, 5.74) is 0. The summed E-state index contributed by atoms with van der Waals surface area (Å²) in [6, 6.07) is -0.772. The first-order valence-corrected chi connectivity index (χ1v) is 5.10. The molecule has 1 amide bonds. The van der Waals surface area contributed by atoms with Gasteiger partial charge in [0, 0.05) is 0 Å². The van der Waals surface area contributed by atoms with Crippen LogP contribution in [0.25, 0.3) is 0 Å². The molecule has 0 aromatic rings. The maximum atomic E-state index is 11.8. The standard InChI is InChI=1S/C9H13F3N2O3/c10-9(11,12)5-13-7(15)4-14-3-1-2-6(14)8(16)17/h6H,1-5H2,(H,13,15)(H,16,17). The topological polar surface area (TPSA) is 69.6 Å². The highest BCUT2D eigenvalue weighted by Crippen LogP contribution is 2.17. The fourth-order valence-electron chi connectivity index (χ4n) is 1.73. The number of carboxylic acid groups (broad SMARTS) is 1. The van der Waals surface area contributed by atoms with Crippen LogP contribution in [-0.4, -0.2) is 53.7 Å². The van der Waals surface area contributed by atoms with Crippen LogP contribution in [0.1, 0.15) is 12.8 Å². The summed E-state index contributed by atoms with van der Waals surface area (Å²) in [7, 11) is 0. The van der Waals surface area contributed by atoms with Gasteiger partial charge in [-0.05, 0) is 19.4 Å². The van der Waals surface area contributed by atoms with Gasteiger partial charge < -0.3 is 10.4 Å². The monoisotopic (exact) mass is 254 g/mol. The molecule has 2 N–H and O–H groups in total. The Morgan fingerprint density at radius 2 is 2.06 bits per heavy atom. The average molecular weight is 254 g/mol. The molecular formula is C9H13F3N2O3. The van der Waals surface area contributed by atoms with Crippen molar-refractivity contribution in [2.24, 2.45) is 0 Å². The first-order valence-electron chi connectivity index (χ1n) is 5.10. The molecule has 1 unspecified atom stereocenters. The predicted octanol–water partition coefficient (Wildman–Crippen LogP) is 0.214. The number of hydrogen-bond acceptors (Lipinski definition) is 3. The lowest BCUT2D eigenvalue weighted by atomic mass is 10.2. The van der Waals surface area contributed by atoms with E-state index in [2.05, 4.69) is 0 Å². The molecule has 8 heteroatoms. The van der Waals surface area contributed by atoms with Crippen molar-refractivity contribution in [2.45, 2.75) is 25.1 Å². The van der Waals surface area contributed by atoms with Gasteiger partial charge in [0.15, 0.2) is 0 Å². The van der Waals surface area contributed by atoms with E-state index in [4.69, 9.17) is 5.11 Å². The van der Waals surface area contributed by atoms with E-state index in [9.17, 15) is 22.8 Å². The van der Waals surface area contributed by atoms with Crippen LogP contribution in [0, 0.1) is 0 Å². The zero-order valence-electron chi connectivity index (χ0n) is 8.96. The molecule has 1 saturated heterocycles. The van der Waals surface area contributed by atoms with Gasteiger partial charge in [0.25, 0.3) is 0 Å². The molecule has 0 bridgehead atoms. The van der Waals surface area contributed by atoms with Gasteiger partial charge in [-0.15, -0.1) is 0 Å². The van der Waals surface area contributed by atoms with Crippen molar-refractivity contribution in [3.8, 4) is 0 Å². The molecular weight excluding hydrogens is 241 g/mol. The van der Waals surface area contributed by atoms with Crippen molar-refractivity contribution in [1.29, 1.82) is 0 Å². The van der Waals surface area contributed by atoms with E-state index in [1.165, 1.54) is 4.90 Å². The van der Waals surface area contributed by atoms with Gasteiger partial charge in [0.2, 0.25) is 5.91 Å². The number of hydrogen-bond donors (Lipinski definition) is 2. The predicted molar refractivity (Wildman–Crippen MR) is 51.3 cm³/mol. The van der Waals surface area contributed by atoms with Gasteiger partial charge in [-0.3, -0.25) is 14.5 Å². The van der Waals surface area contributed by atoms with Gasteiger partial charge in [-0.25, -0.2) is 0 Å². The SMILES string of the molecule is O=C(CN1CCCC1C(=O)O)NCC(F)(F)F. The van der Waals surface area contributed by atoms with E-state index < -0.39 is 30.6 Å². The summed E-state index contributed by atoms with van der Waals surface area (Å²) in [4.78, 5) is 23.3. The second kappa shape index (κ2) is 5.35. The third-order valence-corrected chi connectivity index (χ3v) is 2.48. The molecule has 0 saturated carbocycles. The minimum atomic E-state index is -4.45. The van der Waals surface area contributed by atoms with Crippen LogP contribution in [0.3, 0.4) is 0 Å². The Labute approximate surface area is 95.6 Å². The van der Waals surface area contributed by atoms with Crippen molar-refractivity contribution in [3.05, 3.63) is 0 Å². The highest BCUT2D eigenvalue weighted by atomic mass is 19.4. The largest absolute Gasteiger partial charge is 0.480 e. The molecule has 1 fully saturated rings. The molecule has 1 rings (SSSR count). The summed E-state index contributed by atoms with van der Waals surface area (Å²) in [5.74, 6) is -1.86. The number of rotatable bonds is 4. The van der Waals surface area contributed by atoms with Crippen LogP contribution >= 0.6 is 0 Å². The van der Waals surface area contributed by atoms with E-state index >= 15 is 0 Å². The van der Waals surface area contributed by atoms with Crippen LogP contribution < -0.4 is 5.32 Å². The zero-order chi connectivity index (χ0) is 13.1. The zero-order valence-corrected chi connectivity index (χ0v) is 8.96. The molecule has 0 aromatic heterocycles. The summed E-state index contributed by atoms with van der Waals surface area (Å²) in [6.45, 7) is -1.29. The smallest absolute Gasteiger partial charge is 0.405 e. The number of nitrogens with one attached hydrogen (secondary N) is 1. The van der Waals surface area contributed by atoms with Gasteiger partial charge in [0.05, 0.1) is 6.54 Å². The van der Waals surface area contributed by atoms with E-state index in [1.54, 1.807) is 5.32 Å². The number of aliphatic carboxylic acids is 1. The lowest BCUT2D eigenvalue weighted by molar-refractivity contribution is -0.144. The molecule has 0 radical (unpaired) electrons. The fourth-order valence-corrected chi connectivity index (χ4v) is 1.73. The van der Waals surface area contributed by atoms with Crippen molar-refractivity contribution in [1.82, 2.24) is 10.2 Å². The molecule has 17 heavy (non-hydrogen) atoms. The second-order valence-electron chi connectivity index (χ2n) is 3.86. The second-order valence-corrected chi connectivity index (χ2v) is 3.86. The van der Waals surface area contributed by atoms with E-state index in [0.29, 0.717) is 19.4 Å². The summed E-state index contributed by atoms with van der Waals surface area (Å²) in [5, 5.41) is 10.5. The Kier molecular flexibility index (Phi) is 4.33. The molecule has 5 nitrogen and oxygen atoms in total. The third-order valence-electron chi connectivity index (χ3n) is 2.48. The number of carbonyl (C=O) groups excluding carboxylic acids is 1. The highest BCUT2D eigenvalue weighted by Gasteiger charge is 2.33. The summed E-state index contributed by atoms with van der Waals surface area (Å²) in [6.07, 6.45) is -3.40. The molecule has 98 valence electrons.